The highest BCUT2D eigenvalue weighted by atomic mass is 32.2. The van der Waals surface area contributed by atoms with E-state index in [2.05, 4.69) is 5.10 Å². The molecule has 0 saturated carbocycles. The fourth-order valence-electron chi connectivity index (χ4n) is 2.67. The van der Waals surface area contributed by atoms with E-state index in [0.717, 1.165) is 24.6 Å². The van der Waals surface area contributed by atoms with E-state index in [1.165, 1.54) is 46.5 Å². The molecule has 0 aliphatic rings. The maximum atomic E-state index is 13.5. The first-order valence-electron chi connectivity index (χ1n) is 8.60. The van der Waals surface area contributed by atoms with Gasteiger partial charge in [-0.3, -0.25) is 10.1 Å². The van der Waals surface area contributed by atoms with Crippen molar-refractivity contribution in [3.8, 4) is 5.69 Å². The third-order valence-electron chi connectivity index (χ3n) is 4.12. The van der Waals surface area contributed by atoms with Gasteiger partial charge in [-0.05, 0) is 24.3 Å². The number of benzene rings is 2. The van der Waals surface area contributed by atoms with Crippen molar-refractivity contribution in [2.45, 2.75) is 4.90 Å². The molecule has 0 fully saturated rings. The molecule has 1 aromatic heterocycles. The third kappa shape index (κ3) is 4.73. The van der Waals surface area contributed by atoms with Crippen molar-refractivity contribution in [1.82, 2.24) is 9.78 Å². The molecular weight excluding hydrogens is 414 g/mol. The number of halogens is 2. The first-order chi connectivity index (χ1) is 14.2. The number of quaternary nitrogens is 1. The van der Waals surface area contributed by atoms with Gasteiger partial charge in [-0.15, -0.1) is 0 Å². The molecular formula is C20H17F2N4O3S+. The van der Waals surface area contributed by atoms with Gasteiger partial charge in [0.25, 0.3) is 0 Å². The van der Waals surface area contributed by atoms with Gasteiger partial charge in [0.2, 0.25) is 5.43 Å². The van der Waals surface area contributed by atoms with E-state index in [-0.39, 0.29) is 22.0 Å². The molecule has 3 aromatic rings. The summed E-state index contributed by atoms with van der Waals surface area (Å²) in [5.74, 6) is -2.05. The molecule has 1 heterocycles. The smallest absolute Gasteiger partial charge is 0.213 e. The van der Waals surface area contributed by atoms with Crippen LogP contribution in [-0.2, 0) is 9.84 Å². The second-order valence-corrected chi connectivity index (χ2v) is 8.36. The largest absolute Gasteiger partial charge is 0.309 e. The Balaban J connectivity index is 2.06. The zero-order chi connectivity index (χ0) is 21.9. The molecule has 0 amide bonds. The summed E-state index contributed by atoms with van der Waals surface area (Å²) in [6.45, 7) is 0. The van der Waals surface area contributed by atoms with Crippen molar-refractivity contribution in [2.75, 3.05) is 6.26 Å². The molecule has 0 unspecified atom stereocenters. The zero-order valence-electron chi connectivity index (χ0n) is 15.7. The first-order valence-corrected chi connectivity index (χ1v) is 10.5. The molecule has 7 nitrogen and oxygen atoms in total. The second kappa shape index (κ2) is 8.47. The number of rotatable bonds is 6. The predicted molar refractivity (Wildman–Crippen MR) is 108 cm³/mol. The molecule has 3 rings (SSSR count). The summed E-state index contributed by atoms with van der Waals surface area (Å²) in [6.07, 6.45) is 4.70. The van der Waals surface area contributed by atoms with Gasteiger partial charge in [0.05, 0.1) is 10.6 Å². The van der Waals surface area contributed by atoms with Crippen LogP contribution in [0.4, 0.5) is 14.5 Å². The molecule has 0 aliphatic heterocycles. The molecule has 0 aliphatic carbocycles. The number of hydrogen-bond donors (Lipinski definition) is 2. The van der Waals surface area contributed by atoms with Crippen molar-refractivity contribution in [1.29, 1.82) is 5.41 Å². The normalized spacial score (nSPS) is 12.0. The number of nitrogens with two attached hydrogens (primary N) is 1. The van der Waals surface area contributed by atoms with Gasteiger partial charge in [0.15, 0.2) is 32.9 Å². The summed E-state index contributed by atoms with van der Waals surface area (Å²) >= 11 is 0. The molecule has 2 aromatic carbocycles. The maximum absolute atomic E-state index is 13.5. The summed E-state index contributed by atoms with van der Waals surface area (Å²) in [7, 11) is -3.44. The van der Waals surface area contributed by atoms with E-state index in [4.69, 9.17) is 5.41 Å². The predicted octanol–water partition coefficient (Wildman–Crippen LogP) is 1.80. The lowest BCUT2D eigenvalue weighted by Gasteiger charge is -2.10. The fourth-order valence-corrected chi connectivity index (χ4v) is 3.34. The summed E-state index contributed by atoms with van der Waals surface area (Å²) < 4.78 is 51.6. The van der Waals surface area contributed by atoms with Crippen LogP contribution in [0.25, 0.3) is 11.4 Å². The zero-order valence-corrected chi connectivity index (χ0v) is 16.5. The van der Waals surface area contributed by atoms with Crippen LogP contribution in [-0.4, -0.2) is 30.7 Å². The lowest BCUT2D eigenvalue weighted by molar-refractivity contribution is -0.469. The van der Waals surface area contributed by atoms with Crippen LogP contribution in [0.15, 0.2) is 70.5 Å². The third-order valence-corrected chi connectivity index (χ3v) is 5.23. The first kappa shape index (κ1) is 21.2. The summed E-state index contributed by atoms with van der Waals surface area (Å²) in [5, 5.41) is 13.0. The van der Waals surface area contributed by atoms with E-state index >= 15 is 0 Å². The van der Waals surface area contributed by atoms with Crippen LogP contribution < -0.4 is 10.7 Å². The highest BCUT2D eigenvalue weighted by molar-refractivity contribution is 7.90. The van der Waals surface area contributed by atoms with Gasteiger partial charge in [0.1, 0.15) is 5.69 Å². The molecule has 0 atom stereocenters. The van der Waals surface area contributed by atoms with Crippen molar-refractivity contribution >= 4 is 27.4 Å². The number of nitrogens with one attached hydrogen (secondary N) is 1. The number of allylic oxidation sites excluding steroid dienone is 1. The van der Waals surface area contributed by atoms with Crippen LogP contribution in [0.5, 0.6) is 0 Å². The van der Waals surface area contributed by atoms with Crippen molar-refractivity contribution in [3.63, 3.8) is 0 Å². The topological polar surface area (TPSA) is 109 Å². The SMILES string of the molecule is CS(=O)(=O)c1cccc(-n2ccc(=O)c(C(=CC=N)[NH2+]c3ccc(F)c(F)c3)n2)c1. The quantitative estimate of drug-likeness (QED) is 0.458. The highest BCUT2D eigenvalue weighted by Crippen LogP contribution is 2.15. The van der Waals surface area contributed by atoms with E-state index in [1.807, 2.05) is 0 Å². The molecule has 154 valence electrons. The average Bonchev–Trinajstić information content (AvgIpc) is 2.70. The van der Waals surface area contributed by atoms with Gasteiger partial charge in [-0.1, -0.05) is 6.07 Å². The van der Waals surface area contributed by atoms with Crippen molar-refractivity contribution in [2.24, 2.45) is 0 Å². The Kier molecular flexibility index (Phi) is 5.99. The lowest BCUT2D eigenvalue weighted by Crippen LogP contribution is -2.75. The average molecular weight is 431 g/mol. The number of aromatic nitrogens is 2. The van der Waals surface area contributed by atoms with Crippen LogP contribution in [0, 0.1) is 17.0 Å². The summed E-state index contributed by atoms with van der Waals surface area (Å²) in [6, 6.07) is 10.5. The van der Waals surface area contributed by atoms with E-state index in [0.29, 0.717) is 5.69 Å². The Morgan fingerprint density at radius 1 is 1.13 bits per heavy atom. The van der Waals surface area contributed by atoms with Crippen LogP contribution in [0.1, 0.15) is 5.69 Å². The Morgan fingerprint density at radius 3 is 2.57 bits per heavy atom. The molecule has 10 heteroatoms. The minimum Gasteiger partial charge on any atom is -0.309 e. The van der Waals surface area contributed by atoms with E-state index in [9.17, 15) is 22.0 Å². The van der Waals surface area contributed by atoms with E-state index in [1.54, 1.807) is 12.1 Å². The van der Waals surface area contributed by atoms with Crippen molar-refractivity contribution < 1.29 is 22.5 Å². The number of sulfone groups is 1. The minimum atomic E-state index is -3.44. The highest BCUT2D eigenvalue weighted by Gasteiger charge is 2.16. The number of hydrogen-bond acceptors (Lipinski definition) is 5. The molecule has 3 N–H and O–H groups in total. The van der Waals surface area contributed by atoms with Crippen LogP contribution in [0.2, 0.25) is 0 Å². The molecule has 0 radical (unpaired) electrons. The Hall–Kier alpha value is -3.50. The Labute approximate surface area is 170 Å². The Bertz CT molecular complexity index is 1320. The molecule has 0 spiro atoms. The monoisotopic (exact) mass is 431 g/mol. The van der Waals surface area contributed by atoms with Gasteiger partial charge < -0.3 is 5.41 Å². The van der Waals surface area contributed by atoms with Crippen molar-refractivity contribution in [3.05, 3.63) is 88.4 Å². The lowest BCUT2D eigenvalue weighted by atomic mass is 10.2. The van der Waals surface area contributed by atoms with E-state index < -0.39 is 26.9 Å². The fraction of sp³-hybridized carbons (Fsp3) is 0.0500. The second-order valence-electron chi connectivity index (χ2n) is 6.35. The number of nitrogens with zero attached hydrogens (tertiary/aromatic N) is 2. The van der Waals surface area contributed by atoms with Crippen LogP contribution >= 0.6 is 0 Å². The van der Waals surface area contributed by atoms with Gasteiger partial charge in [-0.25, -0.2) is 21.9 Å². The van der Waals surface area contributed by atoms with Gasteiger partial charge in [-0.2, -0.15) is 5.10 Å². The van der Waals surface area contributed by atoms with Crippen LogP contribution in [0.3, 0.4) is 0 Å². The molecule has 0 saturated heterocycles. The Morgan fingerprint density at radius 2 is 1.90 bits per heavy atom. The maximum Gasteiger partial charge on any atom is 0.213 e. The van der Waals surface area contributed by atoms with Gasteiger partial charge in [0, 0.05) is 42.9 Å². The molecule has 30 heavy (non-hydrogen) atoms. The summed E-state index contributed by atoms with van der Waals surface area (Å²) in [5.41, 5.74) is 0.376. The minimum absolute atomic E-state index is 0.0458. The standard InChI is InChI=1S/C20H16F2N4O3S/c1-30(28,29)15-4-2-3-14(12-15)26-10-8-19(27)20(25-26)18(7-9-23)24-13-5-6-16(21)17(22)11-13/h2-12,23-24H,1H3/p+1. The molecule has 0 bridgehead atoms. The summed E-state index contributed by atoms with van der Waals surface area (Å²) in [4.78, 5) is 12.5. The van der Waals surface area contributed by atoms with Gasteiger partial charge >= 0.3 is 0 Å².